The minimum atomic E-state index is -0.754. The molecule has 0 fully saturated rings. The summed E-state index contributed by atoms with van der Waals surface area (Å²) in [6.45, 7) is 1.84. The maximum absolute atomic E-state index is 10.6. The zero-order valence-electron chi connectivity index (χ0n) is 8.87. The van der Waals surface area contributed by atoms with Crippen molar-refractivity contribution in [2.75, 3.05) is 6.61 Å². The standard InChI is InChI=1S/C9H9N3O5/c1-2-17-9(10)6-3-7(11(13)14)5-8(4-6)12(15)16/h3-5,10H,2H2,1H3. The first-order valence-corrected chi connectivity index (χ1v) is 4.61. The summed E-state index contributed by atoms with van der Waals surface area (Å²) in [5, 5.41) is 28.6. The molecule has 0 amide bonds. The summed E-state index contributed by atoms with van der Waals surface area (Å²) in [6.07, 6.45) is 0. The molecule has 0 aliphatic heterocycles. The van der Waals surface area contributed by atoms with Crippen molar-refractivity contribution in [2.45, 2.75) is 6.92 Å². The van der Waals surface area contributed by atoms with Crippen molar-refractivity contribution in [1.29, 1.82) is 5.41 Å². The second kappa shape index (κ2) is 5.01. The third kappa shape index (κ3) is 2.97. The molecule has 0 radical (unpaired) electrons. The molecular weight excluding hydrogens is 230 g/mol. The van der Waals surface area contributed by atoms with Crippen LogP contribution in [0.4, 0.5) is 11.4 Å². The smallest absolute Gasteiger partial charge is 0.277 e. The first-order chi connectivity index (χ1) is 7.95. The van der Waals surface area contributed by atoms with E-state index in [1.54, 1.807) is 6.92 Å². The number of hydrogen-bond acceptors (Lipinski definition) is 6. The molecule has 17 heavy (non-hydrogen) atoms. The quantitative estimate of drug-likeness (QED) is 0.372. The molecule has 1 aromatic carbocycles. The topological polar surface area (TPSA) is 119 Å². The largest absolute Gasteiger partial charge is 0.478 e. The molecule has 8 heteroatoms. The van der Waals surface area contributed by atoms with Crippen molar-refractivity contribution < 1.29 is 14.6 Å². The lowest BCUT2D eigenvalue weighted by Crippen LogP contribution is -2.06. The summed E-state index contributed by atoms with van der Waals surface area (Å²) < 4.78 is 4.84. The van der Waals surface area contributed by atoms with E-state index in [2.05, 4.69) is 0 Å². The Morgan fingerprint density at radius 2 is 1.71 bits per heavy atom. The number of nitrogens with one attached hydrogen (secondary N) is 1. The van der Waals surface area contributed by atoms with Crippen molar-refractivity contribution in [3.8, 4) is 0 Å². The van der Waals surface area contributed by atoms with Gasteiger partial charge < -0.3 is 4.74 Å². The van der Waals surface area contributed by atoms with Crippen LogP contribution in [0.1, 0.15) is 12.5 Å². The van der Waals surface area contributed by atoms with Crippen LogP contribution in [0.5, 0.6) is 0 Å². The van der Waals surface area contributed by atoms with Gasteiger partial charge in [-0.1, -0.05) is 0 Å². The molecule has 0 atom stereocenters. The number of nitrogens with zero attached hydrogens (tertiary/aromatic N) is 2. The van der Waals surface area contributed by atoms with Crippen molar-refractivity contribution in [2.24, 2.45) is 0 Å². The number of rotatable bonds is 4. The van der Waals surface area contributed by atoms with Crippen molar-refractivity contribution in [1.82, 2.24) is 0 Å². The normalized spacial score (nSPS) is 9.71. The highest BCUT2D eigenvalue weighted by molar-refractivity contribution is 5.93. The molecule has 0 saturated heterocycles. The maximum Gasteiger partial charge on any atom is 0.277 e. The number of hydrogen-bond donors (Lipinski definition) is 1. The highest BCUT2D eigenvalue weighted by atomic mass is 16.6. The molecule has 0 bridgehead atoms. The molecule has 0 unspecified atom stereocenters. The number of nitro benzene ring substituents is 2. The lowest BCUT2D eigenvalue weighted by atomic mass is 10.1. The third-order valence-electron chi connectivity index (χ3n) is 1.88. The SMILES string of the molecule is CCOC(=N)c1cc([N+](=O)[O-])cc([N+](=O)[O-])c1. The molecule has 0 aromatic heterocycles. The Balaban J connectivity index is 3.26. The zero-order chi connectivity index (χ0) is 13.0. The van der Waals surface area contributed by atoms with E-state index in [4.69, 9.17) is 10.1 Å². The summed E-state index contributed by atoms with van der Waals surface area (Å²) in [6, 6.07) is 2.96. The molecule has 1 N–H and O–H groups in total. The summed E-state index contributed by atoms with van der Waals surface area (Å²) in [5.41, 5.74) is -0.884. The van der Waals surface area contributed by atoms with E-state index in [9.17, 15) is 20.2 Å². The van der Waals surface area contributed by atoms with Crippen LogP contribution in [0.2, 0.25) is 0 Å². The van der Waals surface area contributed by atoms with Crippen LogP contribution in [0, 0.1) is 25.6 Å². The fourth-order valence-corrected chi connectivity index (χ4v) is 1.16. The predicted molar refractivity (Wildman–Crippen MR) is 58.2 cm³/mol. The van der Waals surface area contributed by atoms with Gasteiger partial charge in [-0.3, -0.25) is 25.6 Å². The number of nitro groups is 2. The predicted octanol–water partition coefficient (Wildman–Crippen LogP) is 1.86. The van der Waals surface area contributed by atoms with Crippen LogP contribution in [-0.2, 0) is 4.74 Å². The first-order valence-electron chi connectivity index (χ1n) is 4.61. The average molecular weight is 239 g/mol. The van der Waals surface area contributed by atoms with Gasteiger partial charge in [0.05, 0.1) is 22.5 Å². The average Bonchev–Trinajstić information content (AvgIpc) is 2.28. The molecule has 0 saturated carbocycles. The lowest BCUT2D eigenvalue weighted by molar-refractivity contribution is -0.394. The van der Waals surface area contributed by atoms with Crippen LogP contribution in [0.15, 0.2) is 18.2 Å². The van der Waals surface area contributed by atoms with Crippen molar-refractivity contribution in [3.05, 3.63) is 44.0 Å². The Bertz CT molecular complexity index is 453. The van der Waals surface area contributed by atoms with E-state index in [1.165, 1.54) is 0 Å². The van der Waals surface area contributed by atoms with E-state index < -0.39 is 21.2 Å². The van der Waals surface area contributed by atoms with Crippen molar-refractivity contribution >= 4 is 17.3 Å². The van der Waals surface area contributed by atoms with E-state index in [0.29, 0.717) is 0 Å². The van der Waals surface area contributed by atoms with Crippen LogP contribution in [0.3, 0.4) is 0 Å². The van der Waals surface area contributed by atoms with Gasteiger partial charge in [-0.05, 0) is 6.92 Å². The van der Waals surface area contributed by atoms with Gasteiger partial charge in [0.25, 0.3) is 11.4 Å². The fourth-order valence-electron chi connectivity index (χ4n) is 1.16. The van der Waals surface area contributed by atoms with Gasteiger partial charge >= 0.3 is 0 Å². The Morgan fingerprint density at radius 3 is 2.06 bits per heavy atom. The third-order valence-corrected chi connectivity index (χ3v) is 1.88. The number of benzene rings is 1. The molecule has 1 rings (SSSR count). The fraction of sp³-hybridized carbons (Fsp3) is 0.222. The number of ether oxygens (including phenoxy) is 1. The van der Waals surface area contributed by atoms with Crippen LogP contribution in [0.25, 0.3) is 0 Å². The molecule has 1 aromatic rings. The molecule has 0 spiro atoms. The molecule has 8 nitrogen and oxygen atoms in total. The minimum absolute atomic E-state index is 0.00718. The second-order valence-corrected chi connectivity index (χ2v) is 3.01. The van der Waals surface area contributed by atoms with Gasteiger partial charge in [0.15, 0.2) is 0 Å². The molecule has 0 aliphatic carbocycles. The van der Waals surface area contributed by atoms with Gasteiger partial charge in [0.1, 0.15) is 0 Å². The van der Waals surface area contributed by atoms with E-state index >= 15 is 0 Å². The zero-order valence-corrected chi connectivity index (χ0v) is 8.87. The second-order valence-electron chi connectivity index (χ2n) is 3.01. The highest BCUT2D eigenvalue weighted by Crippen LogP contribution is 2.23. The van der Waals surface area contributed by atoms with Crippen molar-refractivity contribution in [3.63, 3.8) is 0 Å². The summed E-state index contributed by atoms with van der Waals surface area (Å²) in [5.74, 6) is -0.334. The monoisotopic (exact) mass is 239 g/mol. The van der Waals surface area contributed by atoms with Crippen LogP contribution >= 0.6 is 0 Å². The van der Waals surface area contributed by atoms with Crippen LogP contribution < -0.4 is 0 Å². The van der Waals surface area contributed by atoms with Gasteiger partial charge in [-0.25, -0.2) is 0 Å². The van der Waals surface area contributed by atoms with Gasteiger partial charge in [-0.2, -0.15) is 0 Å². The van der Waals surface area contributed by atoms with Gasteiger partial charge in [0.2, 0.25) is 5.90 Å². The molecule has 90 valence electrons. The molecular formula is C9H9N3O5. The summed E-state index contributed by atoms with van der Waals surface area (Å²) in [4.78, 5) is 19.7. The molecule has 0 aliphatic rings. The lowest BCUT2D eigenvalue weighted by Gasteiger charge is -2.04. The van der Waals surface area contributed by atoms with Gasteiger partial charge in [-0.15, -0.1) is 0 Å². The van der Waals surface area contributed by atoms with Gasteiger partial charge in [0, 0.05) is 17.7 Å². The van der Waals surface area contributed by atoms with Crippen LogP contribution in [-0.4, -0.2) is 22.4 Å². The first kappa shape index (κ1) is 12.6. The Hall–Kier alpha value is -2.51. The summed E-state index contributed by atoms with van der Waals surface area (Å²) >= 11 is 0. The number of non-ortho nitro benzene ring substituents is 2. The molecule has 0 heterocycles. The minimum Gasteiger partial charge on any atom is -0.478 e. The Labute approximate surface area is 95.6 Å². The van der Waals surface area contributed by atoms with E-state index in [0.717, 1.165) is 18.2 Å². The highest BCUT2D eigenvalue weighted by Gasteiger charge is 2.18. The maximum atomic E-state index is 10.6. The Kier molecular flexibility index (Phi) is 3.70. The van der Waals surface area contributed by atoms with E-state index in [-0.39, 0.29) is 18.1 Å². The van der Waals surface area contributed by atoms with E-state index in [1.807, 2.05) is 0 Å². The summed E-state index contributed by atoms with van der Waals surface area (Å²) in [7, 11) is 0. The Morgan fingerprint density at radius 1 is 1.24 bits per heavy atom.